The number of nitrogens with one attached hydrogen (secondary N) is 2. The summed E-state index contributed by atoms with van der Waals surface area (Å²) in [7, 11) is 0. The summed E-state index contributed by atoms with van der Waals surface area (Å²) in [6.07, 6.45) is 2.08. The van der Waals surface area contributed by atoms with Crippen LogP contribution in [0.3, 0.4) is 0 Å². The Morgan fingerprint density at radius 1 is 1.16 bits per heavy atom. The summed E-state index contributed by atoms with van der Waals surface area (Å²) in [5.41, 5.74) is 6.29. The molecule has 0 saturated heterocycles. The lowest BCUT2D eigenvalue weighted by Gasteiger charge is -2.23. The highest BCUT2D eigenvalue weighted by atomic mass is 16.2. The van der Waals surface area contributed by atoms with Crippen LogP contribution in [0.25, 0.3) is 0 Å². The Bertz CT molecular complexity index is 645. The maximum atomic E-state index is 12.1. The molecule has 1 aromatic carbocycles. The molecule has 0 atom stereocenters. The predicted molar refractivity (Wildman–Crippen MR) is 94.8 cm³/mol. The van der Waals surface area contributed by atoms with Crippen molar-refractivity contribution >= 4 is 17.8 Å². The Morgan fingerprint density at radius 3 is 2.24 bits per heavy atom. The van der Waals surface area contributed by atoms with Crippen LogP contribution in [0.2, 0.25) is 0 Å². The molecule has 0 radical (unpaired) electrons. The molecular weight excluding hydrogens is 320 g/mol. The van der Waals surface area contributed by atoms with Crippen molar-refractivity contribution < 1.29 is 14.4 Å². The van der Waals surface area contributed by atoms with Crippen LogP contribution in [0.5, 0.6) is 0 Å². The van der Waals surface area contributed by atoms with E-state index in [9.17, 15) is 14.4 Å². The zero-order valence-corrected chi connectivity index (χ0v) is 15.0. The number of hydrogen-bond acceptors (Lipinski definition) is 4. The van der Waals surface area contributed by atoms with Crippen molar-refractivity contribution in [3.8, 4) is 0 Å². The lowest BCUT2D eigenvalue weighted by molar-refractivity contribution is -0.121. The van der Waals surface area contributed by atoms with Crippen molar-refractivity contribution in [1.29, 1.82) is 0 Å². The fourth-order valence-electron chi connectivity index (χ4n) is 2.49. The van der Waals surface area contributed by atoms with E-state index in [0.717, 1.165) is 18.4 Å². The predicted octanol–water partition coefficient (Wildman–Crippen LogP) is 1.37. The number of imide groups is 1. The minimum absolute atomic E-state index is 0.153. The first-order valence-corrected chi connectivity index (χ1v) is 8.39. The van der Waals surface area contributed by atoms with E-state index in [1.165, 1.54) is 0 Å². The highest BCUT2D eigenvalue weighted by Crippen LogP contribution is 2.28. The number of nitrogens with two attached hydrogens (primary N) is 1. The van der Waals surface area contributed by atoms with Gasteiger partial charge in [-0.2, -0.15) is 0 Å². The summed E-state index contributed by atoms with van der Waals surface area (Å²) in [6, 6.07) is 6.89. The number of benzene rings is 1. The Morgan fingerprint density at radius 2 is 1.76 bits per heavy atom. The lowest BCUT2D eigenvalue weighted by atomic mass is 10.1. The Hall–Kier alpha value is -2.41. The van der Waals surface area contributed by atoms with Gasteiger partial charge in [-0.15, -0.1) is 0 Å². The zero-order valence-electron chi connectivity index (χ0n) is 15.0. The maximum absolute atomic E-state index is 12.1. The van der Waals surface area contributed by atoms with Crippen LogP contribution >= 0.6 is 0 Å². The van der Waals surface area contributed by atoms with Crippen LogP contribution in [0, 0.1) is 0 Å². The van der Waals surface area contributed by atoms with Gasteiger partial charge in [0.15, 0.2) is 0 Å². The van der Waals surface area contributed by atoms with Gasteiger partial charge in [-0.05, 0) is 51.3 Å². The van der Waals surface area contributed by atoms with Crippen LogP contribution in [-0.4, -0.2) is 40.9 Å². The zero-order chi connectivity index (χ0) is 18.6. The fourth-order valence-corrected chi connectivity index (χ4v) is 2.49. The highest BCUT2D eigenvalue weighted by molar-refractivity contribution is 5.95. The van der Waals surface area contributed by atoms with Gasteiger partial charge in [0.25, 0.3) is 0 Å². The lowest BCUT2D eigenvalue weighted by Crippen LogP contribution is -2.50. The van der Waals surface area contributed by atoms with E-state index in [2.05, 4.69) is 10.6 Å². The number of primary amides is 1. The molecule has 4 N–H and O–H groups in total. The van der Waals surface area contributed by atoms with Gasteiger partial charge in [0.2, 0.25) is 11.8 Å². The van der Waals surface area contributed by atoms with Gasteiger partial charge in [-0.3, -0.25) is 19.8 Å². The number of nitrogens with zero attached hydrogens (tertiary/aromatic N) is 1. The molecular formula is C18H26N4O3. The van der Waals surface area contributed by atoms with Crippen LogP contribution in [-0.2, 0) is 11.3 Å². The average Bonchev–Trinajstić information content (AvgIpc) is 3.29. The third-order valence-corrected chi connectivity index (χ3v) is 3.78. The van der Waals surface area contributed by atoms with Crippen LogP contribution in [0.4, 0.5) is 4.79 Å². The molecule has 0 aliphatic heterocycles. The number of hydrogen-bond donors (Lipinski definition) is 3. The van der Waals surface area contributed by atoms with Crippen molar-refractivity contribution in [2.75, 3.05) is 6.54 Å². The molecule has 1 fully saturated rings. The molecule has 25 heavy (non-hydrogen) atoms. The molecule has 1 aliphatic rings. The second-order valence-electron chi connectivity index (χ2n) is 7.45. The van der Waals surface area contributed by atoms with Crippen molar-refractivity contribution in [3.05, 3.63) is 35.4 Å². The first-order chi connectivity index (χ1) is 11.6. The van der Waals surface area contributed by atoms with Crippen LogP contribution < -0.4 is 16.4 Å². The molecule has 136 valence electrons. The molecule has 7 nitrogen and oxygen atoms in total. The monoisotopic (exact) mass is 346 g/mol. The molecule has 0 spiro atoms. The molecule has 1 aromatic rings. The molecule has 1 saturated carbocycles. The summed E-state index contributed by atoms with van der Waals surface area (Å²) in [5, 5.41) is 5.07. The number of amides is 4. The first kappa shape index (κ1) is 18.9. The van der Waals surface area contributed by atoms with Crippen molar-refractivity contribution in [3.63, 3.8) is 0 Å². The molecule has 0 bridgehead atoms. The van der Waals surface area contributed by atoms with Crippen molar-refractivity contribution in [2.24, 2.45) is 5.73 Å². The van der Waals surface area contributed by atoms with Crippen molar-refractivity contribution in [2.45, 2.75) is 51.7 Å². The second kappa shape index (κ2) is 7.65. The summed E-state index contributed by atoms with van der Waals surface area (Å²) in [6.45, 7) is 6.29. The van der Waals surface area contributed by atoms with Gasteiger partial charge in [0, 0.05) is 23.7 Å². The first-order valence-electron chi connectivity index (χ1n) is 8.39. The third-order valence-electron chi connectivity index (χ3n) is 3.78. The molecule has 1 aliphatic carbocycles. The largest absolute Gasteiger partial charge is 0.366 e. The Kier molecular flexibility index (Phi) is 5.79. The smallest absolute Gasteiger partial charge is 0.321 e. The molecule has 4 amide bonds. The van der Waals surface area contributed by atoms with E-state index >= 15 is 0 Å². The van der Waals surface area contributed by atoms with Crippen molar-refractivity contribution in [1.82, 2.24) is 15.5 Å². The molecule has 0 unspecified atom stereocenters. The molecule has 7 heteroatoms. The highest BCUT2D eigenvalue weighted by Gasteiger charge is 2.30. The van der Waals surface area contributed by atoms with E-state index in [4.69, 9.17) is 5.73 Å². The van der Waals surface area contributed by atoms with E-state index in [1.807, 2.05) is 37.8 Å². The summed E-state index contributed by atoms with van der Waals surface area (Å²) in [4.78, 5) is 37.1. The average molecular weight is 346 g/mol. The van der Waals surface area contributed by atoms with Gasteiger partial charge in [-0.25, -0.2) is 4.79 Å². The van der Waals surface area contributed by atoms with E-state index < -0.39 is 17.5 Å². The molecule has 2 rings (SSSR count). The molecule has 0 aromatic heterocycles. The molecule has 0 heterocycles. The third kappa shape index (κ3) is 6.54. The standard InChI is InChI=1S/C18H26N4O3/c1-18(2,3)21-17(25)20-15(23)11-22(14-8-9-14)10-12-4-6-13(7-5-12)16(19)24/h4-7,14H,8-11H2,1-3H3,(H2,19,24)(H2,20,21,23,25). The van der Waals surface area contributed by atoms with Gasteiger partial charge >= 0.3 is 6.03 Å². The van der Waals surface area contributed by atoms with Gasteiger partial charge in [0.1, 0.15) is 0 Å². The fraction of sp³-hybridized carbons (Fsp3) is 0.500. The quantitative estimate of drug-likeness (QED) is 0.723. The SMILES string of the molecule is CC(C)(C)NC(=O)NC(=O)CN(Cc1ccc(C(N)=O)cc1)C1CC1. The summed E-state index contributed by atoms with van der Waals surface area (Å²) < 4.78 is 0. The summed E-state index contributed by atoms with van der Waals surface area (Å²) >= 11 is 0. The number of carbonyl (C=O) groups is 3. The minimum atomic E-state index is -0.487. The maximum Gasteiger partial charge on any atom is 0.321 e. The Balaban J connectivity index is 1.91. The summed E-state index contributed by atoms with van der Waals surface area (Å²) in [5.74, 6) is -0.794. The number of urea groups is 1. The van der Waals surface area contributed by atoms with Crippen LogP contribution in [0.1, 0.15) is 49.5 Å². The Labute approximate surface area is 147 Å². The topological polar surface area (TPSA) is 105 Å². The van der Waals surface area contributed by atoms with Gasteiger partial charge in [0.05, 0.1) is 6.54 Å². The van der Waals surface area contributed by atoms with Crippen LogP contribution in [0.15, 0.2) is 24.3 Å². The minimum Gasteiger partial charge on any atom is -0.366 e. The number of rotatable bonds is 6. The second-order valence-corrected chi connectivity index (χ2v) is 7.45. The number of carbonyl (C=O) groups excluding carboxylic acids is 3. The van der Waals surface area contributed by atoms with Gasteiger partial charge < -0.3 is 11.1 Å². The van der Waals surface area contributed by atoms with E-state index in [-0.39, 0.29) is 12.5 Å². The van der Waals surface area contributed by atoms with E-state index in [0.29, 0.717) is 18.2 Å². The normalized spacial score (nSPS) is 14.2. The van der Waals surface area contributed by atoms with Gasteiger partial charge in [-0.1, -0.05) is 12.1 Å². The van der Waals surface area contributed by atoms with E-state index in [1.54, 1.807) is 12.1 Å².